The van der Waals surface area contributed by atoms with E-state index in [9.17, 15) is 13.2 Å². The Morgan fingerprint density at radius 3 is 2.52 bits per heavy atom. The summed E-state index contributed by atoms with van der Waals surface area (Å²) in [6, 6.07) is 18.3. The molecule has 0 fully saturated rings. The monoisotopic (exact) mass is 438 g/mol. The van der Waals surface area contributed by atoms with E-state index in [1.165, 1.54) is 36.3 Å². The van der Waals surface area contributed by atoms with Crippen LogP contribution in [0.15, 0.2) is 82.3 Å². The van der Waals surface area contributed by atoms with E-state index in [2.05, 4.69) is 10.4 Å². The van der Waals surface area contributed by atoms with E-state index >= 15 is 0 Å². The second-order valence-electron chi connectivity index (χ2n) is 6.50. The number of carbonyl (C=O) groups is 1. The molecule has 2 heterocycles. The van der Waals surface area contributed by atoms with Crippen molar-refractivity contribution in [1.82, 2.24) is 9.78 Å². The molecule has 0 aliphatic carbocycles. The molecule has 0 bridgehead atoms. The average molecular weight is 438 g/mol. The number of carbonyl (C=O) groups excluding carboxylic acids is 1. The van der Waals surface area contributed by atoms with Gasteiger partial charge in [-0.05, 0) is 42.5 Å². The maximum atomic E-state index is 13.1. The fourth-order valence-electron chi connectivity index (χ4n) is 3.03. The number of amides is 1. The Kier molecular flexibility index (Phi) is 5.32. The quantitative estimate of drug-likeness (QED) is 0.476. The fraction of sp³-hybridized carbons (Fsp3) is 0.0476. The first-order valence-corrected chi connectivity index (χ1v) is 10.6. The van der Waals surface area contributed by atoms with Crippen molar-refractivity contribution in [2.75, 3.05) is 12.4 Å². The molecule has 0 saturated heterocycles. The first-order valence-electron chi connectivity index (χ1n) is 9.08. The van der Waals surface area contributed by atoms with Crippen molar-refractivity contribution in [3.8, 4) is 22.9 Å². The topological polar surface area (TPSA) is 129 Å². The van der Waals surface area contributed by atoms with Crippen LogP contribution in [0.4, 0.5) is 5.69 Å². The number of nitrogens with zero attached hydrogens (tertiary/aromatic N) is 2. The third-order valence-corrected chi connectivity index (χ3v) is 5.38. The summed E-state index contributed by atoms with van der Waals surface area (Å²) in [7, 11) is -2.72. The van der Waals surface area contributed by atoms with Gasteiger partial charge in [0.05, 0.1) is 19.1 Å². The highest BCUT2D eigenvalue weighted by molar-refractivity contribution is 7.89. The molecular weight excluding hydrogens is 420 g/mol. The Balaban J connectivity index is 1.74. The number of primary sulfonamides is 1. The van der Waals surface area contributed by atoms with E-state index in [0.717, 1.165) is 0 Å². The van der Waals surface area contributed by atoms with Crippen LogP contribution in [0.1, 0.15) is 10.5 Å². The lowest BCUT2D eigenvalue weighted by atomic mass is 10.2. The lowest BCUT2D eigenvalue weighted by Crippen LogP contribution is -2.18. The Labute approximate surface area is 178 Å². The maximum absolute atomic E-state index is 13.1. The molecule has 0 atom stereocenters. The smallest absolute Gasteiger partial charge is 0.274 e. The number of nitrogens with one attached hydrogen (secondary N) is 1. The number of anilines is 1. The molecule has 4 rings (SSSR count). The van der Waals surface area contributed by atoms with Gasteiger partial charge in [0, 0.05) is 11.8 Å². The molecule has 2 aromatic heterocycles. The van der Waals surface area contributed by atoms with Crippen molar-refractivity contribution in [3.63, 3.8) is 0 Å². The Hall–Kier alpha value is -3.89. The molecule has 0 unspecified atom stereocenters. The van der Waals surface area contributed by atoms with Gasteiger partial charge in [-0.2, -0.15) is 5.10 Å². The summed E-state index contributed by atoms with van der Waals surface area (Å²) in [5, 5.41) is 12.4. The van der Waals surface area contributed by atoms with E-state index in [4.69, 9.17) is 14.3 Å². The van der Waals surface area contributed by atoms with Gasteiger partial charge in [0.15, 0.2) is 5.76 Å². The second-order valence-corrected chi connectivity index (χ2v) is 8.03. The van der Waals surface area contributed by atoms with Crippen LogP contribution < -0.4 is 15.2 Å². The molecule has 0 aliphatic rings. The van der Waals surface area contributed by atoms with E-state index in [1.807, 2.05) is 30.3 Å². The van der Waals surface area contributed by atoms with Crippen LogP contribution in [-0.2, 0) is 10.0 Å². The molecule has 1 amide bonds. The summed E-state index contributed by atoms with van der Waals surface area (Å²) >= 11 is 0. The van der Waals surface area contributed by atoms with Gasteiger partial charge in [0.1, 0.15) is 22.0 Å². The maximum Gasteiger partial charge on any atom is 0.274 e. The lowest BCUT2D eigenvalue weighted by molar-refractivity contribution is 0.101. The summed E-state index contributed by atoms with van der Waals surface area (Å²) in [5.74, 6) is 0.0827. The summed E-state index contributed by atoms with van der Waals surface area (Å²) < 4.78 is 35.6. The summed E-state index contributed by atoms with van der Waals surface area (Å²) in [5.41, 5.74) is 1.60. The molecule has 3 N–H and O–H groups in total. The minimum Gasteiger partial charge on any atom is -0.495 e. The van der Waals surface area contributed by atoms with Crippen molar-refractivity contribution in [3.05, 3.63) is 78.7 Å². The second kappa shape index (κ2) is 8.09. The highest BCUT2D eigenvalue weighted by Gasteiger charge is 2.21. The highest BCUT2D eigenvalue weighted by atomic mass is 32.2. The number of hydrogen-bond donors (Lipinski definition) is 2. The standard InChI is InChI=1S/C21H18N4O5S/c1-29-19-10-9-14(12-20(19)31(22,27)28)23-21(26)17-13-16(18-8-5-11-30-18)24-25(17)15-6-3-2-4-7-15/h2-13H,1H3,(H,23,26)(H2,22,27,28). The molecule has 9 nitrogen and oxygen atoms in total. The Bertz CT molecular complexity index is 1330. The minimum absolute atomic E-state index is 0.0786. The van der Waals surface area contributed by atoms with Gasteiger partial charge in [-0.3, -0.25) is 4.79 Å². The molecule has 0 aliphatic heterocycles. The molecule has 0 radical (unpaired) electrons. The van der Waals surface area contributed by atoms with Gasteiger partial charge in [0.25, 0.3) is 5.91 Å². The molecule has 31 heavy (non-hydrogen) atoms. The molecule has 158 valence electrons. The van der Waals surface area contributed by atoms with Crippen LogP contribution in [-0.4, -0.2) is 31.2 Å². The molecule has 4 aromatic rings. The Morgan fingerprint density at radius 1 is 1.10 bits per heavy atom. The third-order valence-electron chi connectivity index (χ3n) is 4.44. The van der Waals surface area contributed by atoms with Gasteiger partial charge in [-0.15, -0.1) is 0 Å². The number of rotatable bonds is 6. The van der Waals surface area contributed by atoms with Crippen LogP contribution in [0.25, 0.3) is 17.1 Å². The Morgan fingerprint density at radius 2 is 1.87 bits per heavy atom. The highest BCUT2D eigenvalue weighted by Crippen LogP contribution is 2.27. The van der Waals surface area contributed by atoms with Crippen LogP contribution in [0, 0.1) is 0 Å². The van der Waals surface area contributed by atoms with E-state index in [0.29, 0.717) is 17.1 Å². The number of sulfonamides is 1. The zero-order valence-electron chi connectivity index (χ0n) is 16.3. The normalized spacial score (nSPS) is 11.3. The van der Waals surface area contributed by atoms with Crippen LogP contribution >= 0.6 is 0 Å². The average Bonchev–Trinajstić information content (AvgIpc) is 3.44. The summed E-state index contributed by atoms with van der Waals surface area (Å²) in [6.07, 6.45) is 1.52. The first kappa shape index (κ1) is 20.4. The molecular formula is C21H18N4O5S. The molecule has 0 saturated carbocycles. The number of para-hydroxylation sites is 1. The molecule has 0 spiro atoms. The predicted octanol–water partition coefficient (Wildman–Crippen LogP) is 3.04. The first-order chi connectivity index (χ1) is 14.9. The van der Waals surface area contributed by atoms with E-state index in [1.54, 1.807) is 18.2 Å². The van der Waals surface area contributed by atoms with Crippen LogP contribution in [0.5, 0.6) is 5.75 Å². The number of methoxy groups -OCH3 is 1. The third kappa shape index (κ3) is 4.20. The van der Waals surface area contributed by atoms with Gasteiger partial charge in [-0.25, -0.2) is 18.2 Å². The summed E-state index contributed by atoms with van der Waals surface area (Å²) in [4.78, 5) is 12.9. The predicted molar refractivity (Wildman–Crippen MR) is 114 cm³/mol. The minimum atomic E-state index is -4.05. The number of hydrogen-bond acceptors (Lipinski definition) is 6. The van der Waals surface area contributed by atoms with Crippen molar-refractivity contribution < 1.29 is 22.4 Å². The number of aromatic nitrogens is 2. The number of nitrogens with two attached hydrogens (primary N) is 1. The van der Waals surface area contributed by atoms with Crippen LogP contribution in [0.2, 0.25) is 0 Å². The van der Waals surface area contributed by atoms with Gasteiger partial charge < -0.3 is 14.5 Å². The van der Waals surface area contributed by atoms with Gasteiger partial charge >= 0.3 is 0 Å². The van der Waals surface area contributed by atoms with Crippen molar-refractivity contribution in [2.24, 2.45) is 5.14 Å². The number of ether oxygens (including phenoxy) is 1. The van der Waals surface area contributed by atoms with Crippen molar-refractivity contribution >= 4 is 21.6 Å². The zero-order valence-corrected chi connectivity index (χ0v) is 17.2. The van der Waals surface area contributed by atoms with Crippen molar-refractivity contribution in [1.29, 1.82) is 0 Å². The summed E-state index contributed by atoms with van der Waals surface area (Å²) in [6.45, 7) is 0. The van der Waals surface area contributed by atoms with Crippen molar-refractivity contribution in [2.45, 2.75) is 4.90 Å². The SMILES string of the molecule is COc1ccc(NC(=O)c2cc(-c3ccco3)nn2-c2ccccc2)cc1S(N)(=O)=O. The zero-order chi connectivity index (χ0) is 22.0. The number of benzene rings is 2. The van der Waals surface area contributed by atoms with Gasteiger partial charge in [0.2, 0.25) is 10.0 Å². The van der Waals surface area contributed by atoms with Gasteiger partial charge in [-0.1, -0.05) is 18.2 Å². The molecule has 10 heteroatoms. The fourth-order valence-corrected chi connectivity index (χ4v) is 3.75. The van der Waals surface area contributed by atoms with E-state index in [-0.39, 0.29) is 22.0 Å². The molecule has 2 aromatic carbocycles. The van der Waals surface area contributed by atoms with E-state index < -0.39 is 15.9 Å². The number of furan rings is 1. The largest absolute Gasteiger partial charge is 0.495 e. The van der Waals surface area contributed by atoms with Crippen LogP contribution in [0.3, 0.4) is 0 Å². The lowest BCUT2D eigenvalue weighted by Gasteiger charge is -2.11.